The zero-order valence-electron chi connectivity index (χ0n) is 12.9. The summed E-state index contributed by atoms with van der Waals surface area (Å²) in [6, 6.07) is 25.9. The van der Waals surface area contributed by atoms with Crippen LogP contribution in [0.15, 0.2) is 78.9 Å². The number of carboxylic acid groups (broad SMARTS) is 1. The van der Waals surface area contributed by atoms with Crippen LogP contribution in [0.2, 0.25) is 0 Å². The Bertz CT molecular complexity index is 1030. The molecule has 0 saturated carbocycles. The monoisotopic (exact) mass is 313 g/mol. The van der Waals surface area contributed by atoms with Crippen LogP contribution in [0.4, 0.5) is 0 Å². The molecule has 3 aromatic carbocycles. The number of rotatable bonds is 3. The van der Waals surface area contributed by atoms with E-state index in [0.29, 0.717) is 0 Å². The van der Waals surface area contributed by atoms with Crippen molar-refractivity contribution >= 4 is 16.9 Å². The smallest absolute Gasteiger partial charge is 0.352 e. The number of carboxylic acids is 1. The Balaban J connectivity index is 1.98. The quantitative estimate of drug-likeness (QED) is 0.546. The summed E-state index contributed by atoms with van der Waals surface area (Å²) in [4.78, 5) is 14.3. The third-order valence-electron chi connectivity index (χ3n) is 4.19. The number of aromatic carboxylic acids is 1. The zero-order valence-corrected chi connectivity index (χ0v) is 12.9. The van der Waals surface area contributed by atoms with Crippen LogP contribution in [-0.4, -0.2) is 16.1 Å². The molecule has 0 bridgehead atoms. The maximum Gasteiger partial charge on any atom is 0.352 e. The molecule has 0 unspecified atom stereocenters. The minimum atomic E-state index is -0.950. The molecule has 24 heavy (non-hydrogen) atoms. The van der Waals surface area contributed by atoms with Crippen molar-refractivity contribution in [1.82, 2.24) is 4.98 Å². The van der Waals surface area contributed by atoms with E-state index in [1.165, 1.54) is 0 Å². The molecule has 4 aromatic rings. The van der Waals surface area contributed by atoms with Crippen molar-refractivity contribution in [2.24, 2.45) is 0 Å². The number of aromatic nitrogens is 1. The van der Waals surface area contributed by atoms with Gasteiger partial charge in [0.25, 0.3) is 0 Å². The van der Waals surface area contributed by atoms with Gasteiger partial charge >= 0.3 is 5.97 Å². The number of para-hydroxylation sites is 1. The molecule has 0 aliphatic heterocycles. The molecule has 3 nitrogen and oxygen atoms in total. The van der Waals surface area contributed by atoms with E-state index in [1.54, 1.807) is 6.07 Å². The van der Waals surface area contributed by atoms with E-state index in [0.717, 1.165) is 33.2 Å². The molecule has 4 rings (SSSR count). The third-order valence-corrected chi connectivity index (χ3v) is 4.19. The van der Waals surface area contributed by atoms with Gasteiger partial charge in [0.15, 0.2) is 0 Å². The largest absolute Gasteiger partial charge is 0.477 e. The number of hydrogen-bond donors (Lipinski definition) is 2. The van der Waals surface area contributed by atoms with Gasteiger partial charge in [0.1, 0.15) is 5.69 Å². The fraction of sp³-hybridized carbons (Fsp3) is 0. The van der Waals surface area contributed by atoms with Crippen LogP contribution in [0.1, 0.15) is 10.5 Å². The van der Waals surface area contributed by atoms with Crippen LogP contribution in [0.5, 0.6) is 0 Å². The van der Waals surface area contributed by atoms with Crippen LogP contribution >= 0.6 is 0 Å². The molecule has 1 aromatic heterocycles. The van der Waals surface area contributed by atoms with Gasteiger partial charge in [-0.2, -0.15) is 0 Å². The summed E-state index contributed by atoms with van der Waals surface area (Å²) in [6.45, 7) is 0. The summed E-state index contributed by atoms with van der Waals surface area (Å²) in [7, 11) is 0. The molecular formula is C21H15NO2. The minimum Gasteiger partial charge on any atom is -0.477 e. The van der Waals surface area contributed by atoms with E-state index in [-0.39, 0.29) is 5.69 Å². The van der Waals surface area contributed by atoms with Gasteiger partial charge in [-0.3, -0.25) is 0 Å². The highest BCUT2D eigenvalue weighted by Gasteiger charge is 2.13. The lowest BCUT2D eigenvalue weighted by Crippen LogP contribution is -1.95. The second-order valence-corrected chi connectivity index (χ2v) is 5.67. The van der Waals surface area contributed by atoms with Crippen LogP contribution in [0.3, 0.4) is 0 Å². The molecule has 0 radical (unpaired) electrons. The lowest BCUT2D eigenvalue weighted by atomic mass is 9.93. The highest BCUT2D eigenvalue weighted by atomic mass is 16.4. The van der Waals surface area contributed by atoms with Gasteiger partial charge in [-0.1, -0.05) is 72.8 Å². The Hall–Kier alpha value is -3.33. The van der Waals surface area contributed by atoms with E-state index in [1.807, 2.05) is 48.5 Å². The Kier molecular flexibility index (Phi) is 3.39. The normalized spacial score (nSPS) is 10.8. The maximum atomic E-state index is 11.3. The summed E-state index contributed by atoms with van der Waals surface area (Å²) in [5.74, 6) is -0.950. The Morgan fingerprint density at radius 1 is 0.750 bits per heavy atom. The van der Waals surface area contributed by atoms with Gasteiger partial charge in [-0.15, -0.1) is 0 Å². The first-order valence-electron chi connectivity index (χ1n) is 7.74. The first-order valence-corrected chi connectivity index (χ1v) is 7.74. The molecule has 0 atom stereocenters. The maximum absolute atomic E-state index is 11.3. The van der Waals surface area contributed by atoms with E-state index < -0.39 is 5.97 Å². The van der Waals surface area contributed by atoms with Crippen LogP contribution in [-0.2, 0) is 0 Å². The van der Waals surface area contributed by atoms with Crippen molar-refractivity contribution in [2.75, 3.05) is 0 Å². The Morgan fingerprint density at radius 3 is 2.17 bits per heavy atom. The zero-order chi connectivity index (χ0) is 16.5. The number of fused-ring (bicyclic) bond motifs is 1. The van der Waals surface area contributed by atoms with Crippen molar-refractivity contribution < 1.29 is 9.90 Å². The lowest BCUT2D eigenvalue weighted by molar-refractivity contribution is 0.0691. The molecule has 0 spiro atoms. The third kappa shape index (κ3) is 2.36. The molecule has 0 saturated heterocycles. The number of benzene rings is 3. The fourth-order valence-corrected chi connectivity index (χ4v) is 3.08. The van der Waals surface area contributed by atoms with Gasteiger partial charge < -0.3 is 10.1 Å². The Morgan fingerprint density at radius 2 is 1.42 bits per heavy atom. The average molecular weight is 313 g/mol. The molecule has 0 amide bonds. The predicted octanol–water partition coefficient (Wildman–Crippen LogP) is 5.20. The first-order chi connectivity index (χ1) is 11.7. The highest BCUT2D eigenvalue weighted by Crippen LogP contribution is 2.35. The van der Waals surface area contributed by atoms with Crippen LogP contribution in [0, 0.1) is 0 Å². The summed E-state index contributed by atoms with van der Waals surface area (Å²) in [6.07, 6.45) is 0. The van der Waals surface area contributed by atoms with E-state index >= 15 is 0 Å². The number of nitrogens with one attached hydrogen (secondary N) is 1. The van der Waals surface area contributed by atoms with Gasteiger partial charge in [0.2, 0.25) is 0 Å². The lowest BCUT2D eigenvalue weighted by Gasteiger charge is -2.11. The van der Waals surface area contributed by atoms with Crippen LogP contribution in [0.25, 0.3) is 33.2 Å². The van der Waals surface area contributed by atoms with Crippen LogP contribution < -0.4 is 0 Å². The highest BCUT2D eigenvalue weighted by molar-refractivity contribution is 6.02. The van der Waals surface area contributed by atoms with Crippen molar-refractivity contribution in [2.45, 2.75) is 0 Å². The van der Waals surface area contributed by atoms with Gasteiger partial charge in [0, 0.05) is 10.9 Å². The average Bonchev–Trinajstić information content (AvgIpc) is 3.07. The molecule has 0 aliphatic rings. The second-order valence-electron chi connectivity index (χ2n) is 5.67. The molecule has 0 fully saturated rings. The fourth-order valence-electron chi connectivity index (χ4n) is 3.08. The number of hydrogen-bond acceptors (Lipinski definition) is 1. The molecule has 116 valence electrons. The first kappa shape index (κ1) is 14.3. The topological polar surface area (TPSA) is 53.1 Å². The van der Waals surface area contributed by atoms with Crippen molar-refractivity contribution in [1.29, 1.82) is 0 Å². The minimum absolute atomic E-state index is 0.203. The van der Waals surface area contributed by atoms with Gasteiger partial charge in [-0.25, -0.2) is 4.79 Å². The molecule has 2 N–H and O–H groups in total. The SMILES string of the molecule is O=C(O)c1cc2cccc(-c3ccccc3-c3ccccc3)c2[nH]1. The summed E-state index contributed by atoms with van der Waals surface area (Å²) < 4.78 is 0. The Labute approximate surface area is 139 Å². The van der Waals surface area contributed by atoms with E-state index in [9.17, 15) is 9.90 Å². The van der Waals surface area contributed by atoms with E-state index in [4.69, 9.17) is 0 Å². The van der Waals surface area contributed by atoms with Crippen molar-refractivity contribution in [3.05, 3.63) is 84.6 Å². The summed E-state index contributed by atoms with van der Waals surface area (Å²) >= 11 is 0. The number of aromatic amines is 1. The predicted molar refractivity (Wildman–Crippen MR) is 96.1 cm³/mol. The summed E-state index contributed by atoms with van der Waals surface area (Å²) in [5, 5.41) is 10.1. The van der Waals surface area contributed by atoms with Gasteiger partial charge in [-0.05, 0) is 22.8 Å². The van der Waals surface area contributed by atoms with Crippen molar-refractivity contribution in [3.63, 3.8) is 0 Å². The molecule has 1 heterocycles. The second kappa shape index (κ2) is 5.70. The van der Waals surface area contributed by atoms with Gasteiger partial charge in [0.05, 0.1) is 5.52 Å². The molecular weight excluding hydrogens is 298 g/mol. The molecule has 3 heteroatoms. The summed E-state index contributed by atoms with van der Waals surface area (Å²) in [5.41, 5.74) is 5.38. The molecule has 0 aliphatic carbocycles. The van der Waals surface area contributed by atoms with E-state index in [2.05, 4.69) is 29.2 Å². The van der Waals surface area contributed by atoms with Crippen molar-refractivity contribution in [3.8, 4) is 22.3 Å². The number of H-pyrrole nitrogens is 1. The standard InChI is InChI=1S/C21H15NO2/c23-21(24)19-13-15-9-6-12-18(20(15)22-19)17-11-5-4-10-16(17)14-7-2-1-3-8-14/h1-13,22H,(H,23,24). The number of carbonyl (C=O) groups is 1.